The molecule has 1 aromatic rings. The number of aryl methyl sites for hydroxylation is 1. The van der Waals surface area contributed by atoms with Crippen molar-refractivity contribution in [1.29, 1.82) is 0 Å². The third kappa shape index (κ3) is 3.56. The molecule has 0 radical (unpaired) electrons. The maximum absolute atomic E-state index is 5.49. The lowest BCUT2D eigenvalue weighted by atomic mass is 10.1. The number of thiocarbonyl (C=S) groups is 1. The molecular weight excluding hydrogens is 234 g/mol. The Kier molecular flexibility index (Phi) is 5.99. The van der Waals surface area contributed by atoms with Gasteiger partial charge >= 0.3 is 0 Å². The van der Waals surface area contributed by atoms with Gasteiger partial charge in [0.15, 0.2) is 0 Å². The van der Waals surface area contributed by atoms with Crippen LogP contribution in [0.25, 0.3) is 0 Å². The van der Waals surface area contributed by atoms with Crippen LogP contribution < -0.4 is 0 Å². The number of thiophene rings is 1. The molecule has 0 bridgehead atoms. The minimum absolute atomic E-state index is 1.06. The van der Waals surface area contributed by atoms with Crippen LogP contribution in [0.2, 0.25) is 0 Å². The topological polar surface area (TPSA) is 3.24 Å². The van der Waals surface area contributed by atoms with Gasteiger partial charge in [-0.3, -0.25) is 0 Å². The van der Waals surface area contributed by atoms with Gasteiger partial charge in [-0.2, -0.15) is 0 Å². The summed E-state index contributed by atoms with van der Waals surface area (Å²) in [6, 6.07) is 4.30. The molecule has 1 fully saturated rings. The Bertz CT molecular complexity index is 324. The van der Waals surface area contributed by atoms with Crippen LogP contribution in [0.5, 0.6) is 0 Å². The van der Waals surface area contributed by atoms with Crippen LogP contribution in [0, 0.1) is 6.92 Å². The molecule has 0 N–H and O–H groups in total. The third-order valence-electron chi connectivity index (χ3n) is 2.59. The van der Waals surface area contributed by atoms with Gasteiger partial charge in [0.1, 0.15) is 4.99 Å². The lowest BCUT2D eigenvalue weighted by molar-refractivity contribution is 0.348. The molecule has 0 saturated carbocycles. The van der Waals surface area contributed by atoms with Gasteiger partial charge in [-0.05, 0) is 38.3 Å². The van der Waals surface area contributed by atoms with Gasteiger partial charge in [-0.15, -0.1) is 11.3 Å². The summed E-state index contributed by atoms with van der Waals surface area (Å²) in [7, 11) is 0. The van der Waals surface area contributed by atoms with Gasteiger partial charge in [0.05, 0.1) is 4.88 Å². The molecule has 0 spiro atoms. The van der Waals surface area contributed by atoms with Crippen molar-refractivity contribution < 1.29 is 0 Å². The third-order valence-corrected chi connectivity index (χ3v) is 4.21. The van der Waals surface area contributed by atoms with Crippen molar-refractivity contribution in [3.63, 3.8) is 0 Å². The largest absolute Gasteiger partial charge is 0.362 e. The Morgan fingerprint density at radius 3 is 2.31 bits per heavy atom. The zero-order valence-corrected chi connectivity index (χ0v) is 12.1. The first-order chi connectivity index (χ1) is 7.77. The van der Waals surface area contributed by atoms with Crippen LogP contribution in [0.3, 0.4) is 0 Å². The minimum atomic E-state index is 1.06. The summed E-state index contributed by atoms with van der Waals surface area (Å²) in [5, 5.41) is 0. The lowest BCUT2D eigenvalue weighted by Crippen LogP contribution is -2.34. The minimum Gasteiger partial charge on any atom is -0.362 e. The van der Waals surface area contributed by atoms with Crippen LogP contribution >= 0.6 is 23.6 Å². The molecule has 90 valence electrons. The molecule has 1 saturated heterocycles. The summed E-state index contributed by atoms with van der Waals surface area (Å²) in [4.78, 5) is 6.02. The van der Waals surface area contributed by atoms with E-state index in [0.29, 0.717) is 0 Å². The molecule has 0 aromatic carbocycles. The maximum atomic E-state index is 5.49. The first kappa shape index (κ1) is 13.7. The molecule has 3 heteroatoms. The first-order valence-electron chi connectivity index (χ1n) is 6.13. The van der Waals surface area contributed by atoms with E-state index in [1.54, 1.807) is 11.3 Å². The van der Waals surface area contributed by atoms with Crippen LogP contribution in [-0.2, 0) is 0 Å². The summed E-state index contributed by atoms with van der Waals surface area (Å²) in [6.07, 6.45) is 3.96. The first-order valence-corrected chi connectivity index (χ1v) is 7.35. The van der Waals surface area contributed by atoms with E-state index >= 15 is 0 Å². The number of hydrogen-bond acceptors (Lipinski definition) is 2. The second-order valence-electron chi connectivity index (χ2n) is 3.76. The van der Waals surface area contributed by atoms with E-state index < -0.39 is 0 Å². The lowest BCUT2D eigenvalue weighted by Gasteiger charge is -2.28. The Hall–Kier alpha value is -0.410. The summed E-state index contributed by atoms with van der Waals surface area (Å²) < 4.78 is 0. The summed E-state index contributed by atoms with van der Waals surface area (Å²) in [5.74, 6) is 0. The summed E-state index contributed by atoms with van der Waals surface area (Å²) in [6.45, 7) is 8.43. The number of rotatable bonds is 1. The molecule has 1 aromatic heterocycles. The van der Waals surface area contributed by atoms with Gasteiger partial charge in [-0.25, -0.2) is 0 Å². The van der Waals surface area contributed by atoms with E-state index in [-0.39, 0.29) is 0 Å². The van der Waals surface area contributed by atoms with E-state index in [2.05, 4.69) is 24.0 Å². The fraction of sp³-hybridized carbons (Fsp3) is 0.615. The van der Waals surface area contributed by atoms with Crippen molar-refractivity contribution in [1.82, 2.24) is 4.90 Å². The zero-order valence-electron chi connectivity index (χ0n) is 10.5. The van der Waals surface area contributed by atoms with Crippen LogP contribution in [0.4, 0.5) is 0 Å². The van der Waals surface area contributed by atoms with E-state index in [1.165, 1.54) is 29.0 Å². The predicted octanol–water partition coefficient (Wildman–Crippen LogP) is 4.24. The molecule has 0 amide bonds. The van der Waals surface area contributed by atoms with E-state index in [4.69, 9.17) is 12.2 Å². The van der Waals surface area contributed by atoms with E-state index in [1.807, 2.05) is 13.8 Å². The second kappa shape index (κ2) is 7.02. The molecule has 0 aliphatic carbocycles. The molecule has 2 heterocycles. The van der Waals surface area contributed by atoms with Gasteiger partial charge in [-0.1, -0.05) is 26.1 Å². The normalized spacial score (nSPS) is 15.3. The number of nitrogens with zero attached hydrogens (tertiary/aromatic N) is 1. The zero-order chi connectivity index (χ0) is 12.0. The van der Waals surface area contributed by atoms with Crippen LogP contribution in [-0.4, -0.2) is 23.0 Å². The van der Waals surface area contributed by atoms with Crippen molar-refractivity contribution in [2.75, 3.05) is 13.1 Å². The molecule has 16 heavy (non-hydrogen) atoms. The van der Waals surface area contributed by atoms with Gasteiger partial charge in [0, 0.05) is 18.0 Å². The van der Waals surface area contributed by atoms with Crippen molar-refractivity contribution >= 4 is 28.5 Å². The van der Waals surface area contributed by atoms with Gasteiger partial charge in [0.2, 0.25) is 0 Å². The van der Waals surface area contributed by atoms with Gasteiger partial charge < -0.3 is 4.90 Å². The van der Waals surface area contributed by atoms with Crippen molar-refractivity contribution in [2.24, 2.45) is 0 Å². The molecule has 2 rings (SSSR count). The van der Waals surface area contributed by atoms with Crippen LogP contribution in [0.1, 0.15) is 42.9 Å². The predicted molar refractivity (Wildman–Crippen MR) is 77.5 cm³/mol. The highest BCUT2D eigenvalue weighted by Crippen LogP contribution is 2.20. The number of likely N-dealkylation sites (tertiary alicyclic amines) is 1. The monoisotopic (exact) mass is 255 g/mol. The SMILES string of the molecule is CC.Cc1ccc(C(=S)N2CCCCC2)s1. The molecule has 1 nitrogen and oxygen atoms in total. The second-order valence-corrected chi connectivity index (χ2v) is 5.44. The Morgan fingerprint density at radius 1 is 1.19 bits per heavy atom. The number of piperidine rings is 1. The van der Waals surface area contributed by atoms with Crippen molar-refractivity contribution in [3.05, 3.63) is 21.9 Å². The van der Waals surface area contributed by atoms with E-state index in [0.717, 1.165) is 18.1 Å². The number of hydrogen-bond donors (Lipinski definition) is 0. The summed E-state index contributed by atoms with van der Waals surface area (Å²) in [5.41, 5.74) is 0. The quantitative estimate of drug-likeness (QED) is 0.690. The molecule has 1 aliphatic heterocycles. The smallest absolute Gasteiger partial charge is 0.119 e. The van der Waals surface area contributed by atoms with Crippen molar-refractivity contribution in [2.45, 2.75) is 40.0 Å². The van der Waals surface area contributed by atoms with Crippen molar-refractivity contribution in [3.8, 4) is 0 Å². The van der Waals surface area contributed by atoms with Crippen LogP contribution in [0.15, 0.2) is 12.1 Å². The molecule has 1 aliphatic rings. The Morgan fingerprint density at radius 2 is 1.81 bits per heavy atom. The summed E-state index contributed by atoms with van der Waals surface area (Å²) >= 11 is 7.30. The highest BCUT2D eigenvalue weighted by Gasteiger charge is 2.15. The molecule has 0 atom stereocenters. The average Bonchev–Trinajstić information content (AvgIpc) is 2.79. The average molecular weight is 255 g/mol. The highest BCUT2D eigenvalue weighted by atomic mass is 32.1. The van der Waals surface area contributed by atoms with Gasteiger partial charge in [0.25, 0.3) is 0 Å². The maximum Gasteiger partial charge on any atom is 0.119 e. The molecule has 0 unspecified atom stereocenters. The fourth-order valence-electron chi connectivity index (χ4n) is 1.80. The Labute approximate surface area is 108 Å². The Balaban J connectivity index is 0.000000606. The molecular formula is C13H21NS2. The highest BCUT2D eigenvalue weighted by molar-refractivity contribution is 7.81. The fourth-order valence-corrected chi connectivity index (χ4v) is 3.01. The standard InChI is InChI=1S/C11H15NS2.C2H6/c1-9-5-6-10(14-9)11(13)12-7-3-2-4-8-12;1-2/h5-6H,2-4,7-8H2,1H3;1-2H3. The van der Waals surface area contributed by atoms with E-state index in [9.17, 15) is 0 Å².